The molecule has 0 bridgehead atoms. The largest absolute Gasteiger partial charge is 0.416 e. The number of rotatable bonds is 2. The first-order chi connectivity index (χ1) is 9.82. The van der Waals surface area contributed by atoms with Crippen LogP contribution >= 0.6 is 0 Å². The van der Waals surface area contributed by atoms with Gasteiger partial charge < -0.3 is 5.32 Å². The summed E-state index contributed by atoms with van der Waals surface area (Å²) in [6, 6.07) is 3.27. The summed E-state index contributed by atoms with van der Waals surface area (Å²) in [7, 11) is 0. The number of halogens is 4. The Kier molecular flexibility index (Phi) is 4.16. The monoisotopic (exact) mass is 300 g/mol. The molecule has 2 unspecified atom stereocenters. The third kappa shape index (κ3) is 3.32. The number of hydrogen-bond donors (Lipinski definition) is 1. The van der Waals surface area contributed by atoms with E-state index in [4.69, 9.17) is 5.26 Å². The average Bonchev–Trinajstić information content (AvgIpc) is 2.84. The molecule has 7 heteroatoms. The van der Waals surface area contributed by atoms with Crippen molar-refractivity contribution in [2.75, 3.05) is 0 Å². The molecule has 112 valence electrons. The summed E-state index contributed by atoms with van der Waals surface area (Å²) in [6.45, 7) is 0. The van der Waals surface area contributed by atoms with Gasteiger partial charge in [0.25, 0.3) is 5.91 Å². The second kappa shape index (κ2) is 5.72. The SMILES string of the molecule is N#CC1CCCC1NC(=O)c1cc(C(F)(F)F)ccc1F. The van der Waals surface area contributed by atoms with Gasteiger partial charge in [0.15, 0.2) is 0 Å². The second-order valence-corrected chi connectivity index (χ2v) is 4.94. The first-order valence-electron chi connectivity index (χ1n) is 6.40. The molecule has 0 heterocycles. The molecule has 1 aliphatic rings. The van der Waals surface area contributed by atoms with E-state index >= 15 is 0 Å². The number of hydrogen-bond acceptors (Lipinski definition) is 2. The highest BCUT2D eigenvalue weighted by atomic mass is 19.4. The third-order valence-corrected chi connectivity index (χ3v) is 3.54. The van der Waals surface area contributed by atoms with Crippen molar-refractivity contribution in [1.82, 2.24) is 5.32 Å². The van der Waals surface area contributed by atoms with Crippen LogP contribution in [0.3, 0.4) is 0 Å². The van der Waals surface area contributed by atoms with Crippen LogP contribution in [0.5, 0.6) is 0 Å². The number of alkyl halides is 3. The van der Waals surface area contributed by atoms with E-state index in [1.54, 1.807) is 0 Å². The smallest absolute Gasteiger partial charge is 0.348 e. The highest BCUT2D eigenvalue weighted by Gasteiger charge is 2.33. The minimum Gasteiger partial charge on any atom is -0.348 e. The Hall–Kier alpha value is -2.10. The van der Waals surface area contributed by atoms with Crippen LogP contribution in [-0.2, 0) is 6.18 Å². The van der Waals surface area contributed by atoms with Gasteiger partial charge in [-0.15, -0.1) is 0 Å². The van der Waals surface area contributed by atoms with Crippen LogP contribution in [0.4, 0.5) is 17.6 Å². The van der Waals surface area contributed by atoms with Gasteiger partial charge in [-0.1, -0.05) is 0 Å². The highest BCUT2D eigenvalue weighted by Crippen LogP contribution is 2.31. The van der Waals surface area contributed by atoms with Crippen molar-refractivity contribution in [2.45, 2.75) is 31.5 Å². The van der Waals surface area contributed by atoms with Crippen LogP contribution < -0.4 is 5.32 Å². The molecule has 1 saturated carbocycles. The van der Waals surface area contributed by atoms with Crippen LogP contribution in [-0.4, -0.2) is 11.9 Å². The molecular weight excluding hydrogens is 288 g/mol. The topological polar surface area (TPSA) is 52.9 Å². The molecule has 0 radical (unpaired) electrons. The standard InChI is InChI=1S/C14H12F4N2O/c15-11-5-4-9(14(16,17)18)6-10(11)13(21)20-12-3-1-2-8(12)7-19/h4-6,8,12H,1-3H2,(H,20,21). The molecule has 0 aliphatic heterocycles. The second-order valence-electron chi connectivity index (χ2n) is 4.94. The molecule has 1 N–H and O–H groups in total. The molecule has 0 aromatic heterocycles. The predicted octanol–water partition coefficient (Wildman–Crippen LogP) is 3.27. The van der Waals surface area contributed by atoms with Gasteiger partial charge in [0.2, 0.25) is 0 Å². The quantitative estimate of drug-likeness (QED) is 0.852. The molecule has 1 fully saturated rings. The lowest BCUT2D eigenvalue weighted by atomic mass is 10.0. The molecule has 2 rings (SSSR count). The Morgan fingerprint density at radius 3 is 2.67 bits per heavy atom. The van der Waals surface area contributed by atoms with E-state index in [2.05, 4.69) is 5.32 Å². The van der Waals surface area contributed by atoms with Gasteiger partial charge in [-0.05, 0) is 37.5 Å². The number of carbonyl (C=O) groups is 1. The maximum absolute atomic E-state index is 13.6. The van der Waals surface area contributed by atoms with E-state index < -0.39 is 35.1 Å². The van der Waals surface area contributed by atoms with Crippen molar-refractivity contribution in [2.24, 2.45) is 5.92 Å². The zero-order chi connectivity index (χ0) is 15.6. The Morgan fingerprint density at radius 1 is 1.33 bits per heavy atom. The molecule has 3 nitrogen and oxygen atoms in total. The average molecular weight is 300 g/mol. The highest BCUT2D eigenvalue weighted by molar-refractivity contribution is 5.95. The molecule has 2 atom stereocenters. The fourth-order valence-electron chi connectivity index (χ4n) is 2.41. The van der Waals surface area contributed by atoms with Crippen molar-refractivity contribution in [3.05, 3.63) is 35.1 Å². The van der Waals surface area contributed by atoms with Crippen molar-refractivity contribution < 1.29 is 22.4 Å². The molecular formula is C14H12F4N2O. The zero-order valence-electron chi connectivity index (χ0n) is 10.9. The van der Waals surface area contributed by atoms with Crippen LogP contribution in [0, 0.1) is 23.1 Å². The van der Waals surface area contributed by atoms with E-state index in [9.17, 15) is 22.4 Å². The summed E-state index contributed by atoms with van der Waals surface area (Å²) in [6.07, 6.45) is -2.73. The number of nitriles is 1. The fraction of sp³-hybridized carbons (Fsp3) is 0.429. The van der Waals surface area contributed by atoms with Crippen LogP contribution in [0.2, 0.25) is 0 Å². The maximum Gasteiger partial charge on any atom is 0.416 e. The Morgan fingerprint density at radius 2 is 2.05 bits per heavy atom. The van der Waals surface area contributed by atoms with E-state index in [1.165, 1.54) is 0 Å². The normalized spacial score (nSPS) is 21.9. The third-order valence-electron chi connectivity index (χ3n) is 3.54. The first kappa shape index (κ1) is 15.3. The van der Waals surface area contributed by atoms with Gasteiger partial charge in [0, 0.05) is 6.04 Å². The van der Waals surface area contributed by atoms with Crippen LogP contribution in [0.1, 0.15) is 35.2 Å². The number of nitrogens with one attached hydrogen (secondary N) is 1. The van der Waals surface area contributed by atoms with Gasteiger partial charge >= 0.3 is 6.18 Å². The number of benzene rings is 1. The van der Waals surface area contributed by atoms with Gasteiger partial charge in [-0.25, -0.2) is 4.39 Å². The summed E-state index contributed by atoms with van der Waals surface area (Å²) >= 11 is 0. The summed E-state index contributed by atoms with van der Waals surface area (Å²) in [5.41, 5.74) is -1.74. The van der Waals surface area contributed by atoms with Gasteiger partial charge in [-0.3, -0.25) is 4.79 Å². The van der Waals surface area contributed by atoms with E-state index in [-0.39, 0.29) is 5.92 Å². The molecule has 1 aromatic carbocycles. The van der Waals surface area contributed by atoms with Crippen molar-refractivity contribution >= 4 is 5.91 Å². The fourth-order valence-corrected chi connectivity index (χ4v) is 2.41. The van der Waals surface area contributed by atoms with E-state index in [1.807, 2.05) is 6.07 Å². The lowest BCUT2D eigenvalue weighted by molar-refractivity contribution is -0.137. The van der Waals surface area contributed by atoms with E-state index in [0.717, 1.165) is 6.42 Å². The predicted molar refractivity (Wildman–Crippen MR) is 65.6 cm³/mol. The molecule has 1 aromatic rings. The van der Waals surface area contributed by atoms with Crippen molar-refractivity contribution in [3.8, 4) is 6.07 Å². The van der Waals surface area contributed by atoms with Gasteiger partial charge in [-0.2, -0.15) is 18.4 Å². The summed E-state index contributed by atoms with van der Waals surface area (Å²) in [5.74, 6) is -2.33. The molecule has 1 aliphatic carbocycles. The van der Waals surface area contributed by atoms with Crippen LogP contribution in [0.25, 0.3) is 0 Å². The van der Waals surface area contributed by atoms with Gasteiger partial charge in [0.1, 0.15) is 5.82 Å². The van der Waals surface area contributed by atoms with Crippen molar-refractivity contribution in [1.29, 1.82) is 5.26 Å². The lowest BCUT2D eigenvalue weighted by Gasteiger charge is -2.16. The molecule has 1 amide bonds. The number of nitrogens with zero attached hydrogens (tertiary/aromatic N) is 1. The molecule has 0 spiro atoms. The van der Waals surface area contributed by atoms with Gasteiger partial charge in [0.05, 0.1) is 23.1 Å². The number of carbonyl (C=O) groups excluding carboxylic acids is 1. The zero-order valence-corrected chi connectivity index (χ0v) is 10.9. The molecule has 21 heavy (non-hydrogen) atoms. The van der Waals surface area contributed by atoms with E-state index in [0.29, 0.717) is 31.0 Å². The lowest BCUT2D eigenvalue weighted by Crippen LogP contribution is -2.37. The van der Waals surface area contributed by atoms with Crippen LogP contribution in [0.15, 0.2) is 18.2 Å². The van der Waals surface area contributed by atoms with Crippen molar-refractivity contribution in [3.63, 3.8) is 0 Å². The Bertz CT molecular complexity index is 592. The number of amides is 1. The summed E-state index contributed by atoms with van der Waals surface area (Å²) < 4.78 is 51.3. The Balaban J connectivity index is 2.21. The molecule has 0 saturated heterocycles. The maximum atomic E-state index is 13.6. The summed E-state index contributed by atoms with van der Waals surface area (Å²) in [5, 5.41) is 11.3. The Labute approximate surface area is 118 Å². The summed E-state index contributed by atoms with van der Waals surface area (Å²) in [4.78, 5) is 11.9. The minimum atomic E-state index is -4.65. The first-order valence-corrected chi connectivity index (χ1v) is 6.40. The minimum absolute atomic E-state index is 0.386.